The van der Waals surface area contributed by atoms with Gasteiger partial charge in [-0.3, -0.25) is 0 Å². The first kappa shape index (κ1) is 15.1. The third-order valence-electron chi connectivity index (χ3n) is 2.07. The molecule has 1 atom stereocenters. The maximum absolute atomic E-state index is 11.8. The van der Waals surface area contributed by atoms with E-state index in [0.29, 0.717) is 12.3 Å². The molecule has 0 saturated carbocycles. The number of halogens is 1. The SMILES string of the molecule is CC(C)CC(O)CNS(=O)(=O)c1ccc(Br)s1. The molecule has 0 aliphatic carbocycles. The second kappa shape index (κ2) is 6.29. The fraction of sp³-hybridized carbons (Fsp3) is 0.600. The highest BCUT2D eigenvalue weighted by Gasteiger charge is 2.18. The van der Waals surface area contributed by atoms with Crippen LogP contribution in [0.15, 0.2) is 20.1 Å². The largest absolute Gasteiger partial charge is 0.392 e. The van der Waals surface area contributed by atoms with Crippen molar-refractivity contribution in [1.82, 2.24) is 4.72 Å². The van der Waals surface area contributed by atoms with Gasteiger partial charge in [0.25, 0.3) is 0 Å². The average Bonchev–Trinajstić information content (AvgIpc) is 2.62. The Bertz CT molecular complexity index is 456. The Morgan fingerprint density at radius 3 is 2.59 bits per heavy atom. The quantitative estimate of drug-likeness (QED) is 0.833. The molecule has 0 saturated heterocycles. The molecule has 0 amide bonds. The maximum Gasteiger partial charge on any atom is 0.250 e. The summed E-state index contributed by atoms with van der Waals surface area (Å²) in [6.07, 6.45) is -0.0652. The Balaban J connectivity index is 2.56. The fourth-order valence-electron chi connectivity index (χ4n) is 1.35. The molecule has 1 aromatic rings. The van der Waals surface area contributed by atoms with E-state index in [1.807, 2.05) is 13.8 Å². The lowest BCUT2D eigenvalue weighted by Crippen LogP contribution is -2.32. The van der Waals surface area contributed by atoms with E-state index in [1.165, 1.54) is 6.07 Å². The number of rotatable bonds is 6. The number of sulfonamides is 1. The molecule has 4 nitrogen and oxygen atoms in total. The van der Waals surface area contributed by atoms with E-state index in [9.17, 15) is 13.5 Å². The van der Waals surface area contributed by atoms with Crippen molar-refractivity contribution < 1.29 is 13.5 Å². The molecule has 17 heavy (non-hydrogen) atoms. The maximum atomic E-state index is 11.8. The van der Waals surface area contributed by atoms with Crippen LogP contribution in [0.3, 0.4) is 0 Å². The minimum Gasteiger partial charge on any atom is -0.392 e. The van der Waals surface area contributed by atoms with Gasteiger partial charge in [0.15, 0.2) is 0 Å². The first-order valence-electron chi connectivity index (χ1n) is 5.24. The summed E-state index contributed by atoms with van der Waals surface area (Å²) in [6, 6.07) is 3.22. The predicted molar refractivity (Wildman–Crippen MR) is 72.7 cm³/mol. The summed E-state index contributed by atoms with van der Waals surface area (Å²) < 4.78 is 27.0. The summed E-state index contributed by atoms with van der Waals surface area (Å²) in [5.74, 6) is 0.338. The van der Waals surface area contributed by atoms with Crippen LogP contribution in [0, 0.1) is 5.92 Å². The smallest absolute Gasteiger partial charge is 0.250 e. The molecule has 0 spiro atoms. The lowest BCUT2D eigenvalue weighted by Gasteiger charge is -2.13. The van der Waals surface area contributed by atoms with E-state index in [2.05, 4.69) is 20.7 Å². The van der Waals surface area contributed by atoms with Crippen LogP contribution in [0.5, 0.6) is 0 Å². The van der Waals surface area contributed by atoms with Gasteiger partial charge >= 0.3 is 0 Å². The molecule has 1 heterocycles. The first-order chi connectivity index (χ1) is 7.81. The summed E-state index contributed by atoms with van der Waals surface area (Å²) in [5.41, 5.74) is 0. The van der Waals surface area contributed by atoms with Crippen LogP contribution >= 0.6 is 27.3 Å². The highest BCUT2D eigenvalue weighted by Crippen LogP contribution is 2.25. The molecule has 0 aliphatic rings. The second-order valence-electron chi connectivity index (χ2n) is 4.19. The van der Waals surface area contributed by atoms with Crippen molar-refractivity contribution in [3.8, 4) is 0 Å². The standard InChI is InChI=1S/C10H16BrNO3S2/c1-7(2)5-8(13)6-12-17(14,15)10-4-3-9(11)16-10/h3-4,7-8,12-13H,5-6H2,1-2H3. The molecule has 0 bridgehead atoms. The van der Waals surface area contributed by atoms with Gasteiger partial charge in [-0.05, 0) is 40.4 Å². The van der Waals surface area contributed by atoms with Gasteiger partial charge in [-0.15, -0.1) is 11.3 Å². The number of hydrogen-bond donors (Lipinski definition) is 2. The number of aliphatic hydroxyl groups is 1. The van der Waals surface area contributed by atoms with Crippen molar-refractivity contribution >= 4 is 37.3 Å². The van der Waals surface area contributed by atoms with Crippen LogP contribution in [-0.4, -0.2) is 26.2 Å². The molecule has 1 rings (SSSR count). The highest BCUT2D eigenvalue weighted by atomic mass is 79.9. The number of hydrogen-bond acceptors (Lipinski definition) is 4. The number of aliphatic hydroxyl groups excluding tert-OH is 1. The van der Waals surface area contributed by atoms with Gasteiger partial charge in [-0.25, -0.2) is 13.1 Å². The highest BCUT2D eigenvalue weighted by molar-refractivity contribution is 9.11. The average molecular weight is 342 g/mol. The van der Waals surface area contributed by atoms with E-state index in [4.69, 9.17) is 0 Å². The summed E-state index contributed by atoms with van der Waals surface area (Å²) in [6.45, 7) is 4.01. The fourth-order valence-corrected chi connectivity index (χ4v) is 4.47. The second-order valence-corrected chi connectivity index (χ2v) is 8.65. The van der Waals surface area contributed by atoms with Crippen molar-refractivity contribution in [2.24, 2.45) is 5.92 Å². The number of thiophene rings is 1. The zero-order valence-corrected chi connectivity index (χ0v) is 12.9. The molecule has 0 aliphatic heterocycles. The molecule has 0 radical (unpaired) electrons. The van der Waals surface area contributed by atoms with Crippen molar-refractivity contribution in [1.29, 1.82) is 0 Å². The first-order valence-corrected chi connectivity index (χ1v) is 8.33. The molecule has 0 fully saturated rings. The van der Waals surface area contributed by atoms with Crippen LogP contribution in [0.2, 0.25) is 0 Å². The van der Waals surface area contributed by atoms with Crippen molar-refractivity contribution in [3.63, 3.8) is 0 Å². The van der Waals surface area contributed by atoms with Gasteiger partial charge in [0.05, 0.1) is 9.89 Å². The van der Waals surface area contributed by atoms with E-state index < -0.39 is 16.1 Å². The van der Waals surface area contributed by atoms with Gasteiger partial charge in [-0.1, -0.05) is 13.8 Å². The van der Waals surface area contributed by atoms with Gasteiger partial charge in [0.1, 0.15) is 4.21 Å². The zero-order chi connectivity index (χ0) is 13.1. The van der Waals surface area contributed by atoms with E-state index in [0.717, 1.165) is 15.1 Å². The topological polar surface area (TPSA) is 66.4 Å². The monoisotopic (exact) mass is 341 g/mol. The zero-order valence-electron chi connectivity index (χ0n) is 9.68. The lowest BCUT2D eigenvalue weighted by molar-refractivity contribution is 0.152. The minimum absolute atomic E-state index is 0.0516. The molecular weight excluding hydrogens is 326 g/mol. The lowest BCUT2D eigenvalue weighted by atomic mass is 10.1. The van der Waals surface area contributed by atoms with Crippen molar-refractivity contribution in [2.45, 2.75) is 30.6 Å². The molecule has 7 heteroatoms. The van der Waals surface area contributed by atoms with Crippen LogP contribution in [0.1, 0.15) is 20.3 Å². The number of nitrogens with one attached hydrogen (secondary N) is 1. The molecule has 2 N–H and O–H groups in total. The third kappa shape index (κ3) is 5.05. The predicted octanol–water partition coefficient (Wildman–Crippen LogP) is 2.20. The molecule has 1 unspecified atom stereocenters. The van der Waals surface area contributed by atoms with Crippen LogP contribution in [0.4, 0.5) is 0 Å². The van der Waals surface area contributed by atoms with Crippen LogP contribution in [-0.2, 0) is 10.0 Å². The normalized spacial score (nSPS) is 14.2. The summed E-state index contributed by atoms with van der Waals surface area (Å²) in [7, 11) is -3.49. The third-order valence-corrected chi connectivity index (χ3v) is 5.60. The Hall–Kier alpha value is 0.0500. The van der Waals surface area contributed by atoms with Crippen molar-refractivity contribution in [3.05, 3.63) is 15.9 Å². The summed E-state index contributed by atoms with van der Waals surface area (Å²) in [5, 5.41) is 9.60. The summed E-state index contributed by atoms with van der Waals surface area (Å²) >= 11 is 4.36. The molecule has 1 aromatic heterocycles. The van der Waals surface area contributed by atoms with Gasteiger partial charge < -0.3 is 5.11 Å². The van der Waals surface area contributed by atoms with Crippen LogP contribution < -0.4 is 4.72 Å². The van der Waals surface area contributed by atoms with Crippen molar-refractivity contribution in [2.75, 3.05) is 6.54 Å². The Morgan fingerprint density at radius 1 is 1.47 bits per heavy atom. The molecule has 98 valence electrons. The Labute approximate surface area is 114 Å². The summed E-state index contributed by atoms with van der Waals surface area (Å²) in [4.78, 5) is 0. The van der Waals surface area contributed by atoms with Gasteiger partial charge in [-0.2, -0.15) is 0 Å². The molecular formula is C10H16BrNO3S2. The van der Waals surface area contributed by atoms with E-state index in [1.54, 1.807) is 6.07 Å². The van der Waals surface area contributed by atoms with Crippen LogP contribution in [0.25, 0.3) is 0 Å². The van der Waals surface area contributed by atoms with E-state index >= 15 is 0 Å². The Kier molecular flexibility index (Phi) is 5.59. The minimum atomic E-state index is -3.49. The Morgan fingerprint density at radius 2 is 2.12 bits per heavy atom. The van der Waals surface area contributed by atoms with Gasteiger partial charge in [0.2, 0.25) is 10.0 Å². The van der Waals surface area contributed by atoms with E-state index in [-0.39, 0.29) is 10.8 Å². The molecule has 0 aromatic carbocycles. The van der Waals surface area contributed by atoms with Gasteiger partial charge in [0, 0.05) is 6.54 Å².